The Morgan fingerprint density at radius 3 is 2.39 bits per heavy atom. The Labute approximate surface area is 179 Å². The van der Waals surface area contributed by atoms with Crippen molar-refractivity contribution in [3.05, 3.63) is 23.8 Å². The molecule has 1 aromatic rings. The van der Waals surface area contributed by atoms with Gasteiger partial charge in [-0.1, -0.05) is 0 Å². The number of ether oxygens (including phenoxy) is 3. The van der Waals surface area contributed by atoms with Crippen molar-refractivity contribution in [2.45, 2.75) is 37.4 Å². The minimum atomic E-state index is -0.786. The third-order valence-electron chi connectivity index (χ3n) is 5.26. The summed E-state index contributed by atoms with van der Waals surface area (Å²) < 4.78 is 16.0. The molecule has 3 rings (SSSR count). The number of hydrogen-bond acceptors (Lipinski definition) is 6. The molecule has 1 atom stereocenters. The zero-order valence-corrected chi connectivity index (χ0v) is 18.1. The molecule has 0 saturated carbocycles. The summed E-state index contributed by atoms with van der Waals surface area (Å²) in [7, 11) is 3.30. The first-order valence-corrected chi connectivity index (χ1v) is 9.14. The normalized spacial score (nSPS) is 21.2. The number of benzene rings is 1. The van der Waals surface area contributed by atoms with Gasteiger partial charge < -0.3 is 25.3 Å². The van der Waals surface area contributed by atoms with Crippen molar-refractivity contribution in [2.24, 2.45) is 5.73 Å². The van der Waals surface area contributed by atoms with Gasteiger partial charge in [-0.3, -0.25) is 9.69 Å². The van der Waals surface area contributed by atoms with Crippen molar-refractivity contribution in [1.29, 1.82) is 0 Å². The van der Waals surface area contributed by atoms with E-state index >= 15 is 0 Å². The summed E-state index contributed by atoms with van der Waals surface area (Å²) in [5, 5.41) is 3.14. The molecule has 2 fully saturated rings. The molecule has 3 N–H and O–H groups in total. The number of rotatable bonds is 6. The molecule has 1 aromatic carbocycles. The second-order valence-corrected chi connectivity index (χ2v) is 7.18. The molecule has 0 aliphatic carbocycles. The van der Waals surface area contributed by atoms with E-state index in [0.717, 1.165) is 43.1 Å². The van der Waals surface area contributed by atoms with Crippen molar-refractivity contribution >= 4 is 30.7 Å². The van der Waals surface area contributed by atoms with E-state index in [2.05, 4.69) is 10.2 Å². The summed E-state index contributed by atoms with van der Waals surface area (Å²) in [5.41, 5.74) is 6.62. The number of amides is 1. The molecule has 2 aliphatic rings. The Hall–Kier alpha value is -1.25. The molecular formula is C19H31Cl2N3O4. The summed E-state index contributed by atoms with van der Waals surface area (Å²) >= 11 is 0. The first kappa shape index (κ1) is 24.8. The monoisotopic (exact) mass is 435 g/mol. The van der Waals surface area contributed by atoms with E-state index in [9.17, 15) is 4.79 Å². The average Bonchev–Trinajstić information content (AvgIpc) is 3.08. The van der Waals surface area contributed by atoms with Crippen LogP contribution in [0.2, 0.25) is 0 Å². The third-order valence-corrected chi connectivity index (χ3v) is 5.26. The van der Waals surface area contributed by atoms with Gasteiger partial charge in [0.1, 0.15) is 11.5 Å². The van der Waals surface area contributed by atoms with E-state index in [1.54, 1.807) is 14.2 Å². The second kappa shape index (κ2) is 11.1. The quantitative estimate of drug-likeness (QED) is 0.707. The molecule has 0 aromatic heterocycles. The fourth-order valence-corrected chi connectivity index (χ4v) is 3.60. The minimum absolute atomic E-state index is 0. The van der Waals surface area contributed by atoms with Crippen molar-refractivity contribution in [3.8, 4) is 11.5 Å². The number of halogens is 2. The molecule has 2 aliphatic heterocycles. The van der Waals surface area contributed by atoms with E-state index in [1.807, 2.05) is 18.2 Å². The molecule has 28 heavy (non-hydrogen) atoms. The van der Waals surface area contributed by atoms with Crippen molar-refractivity contribution in [1.82, 2.24) is 10.2 Å². The Kier molecular flexibility index (Phi) is 9.80. The standard InChI is InChI=1S/C19H29N3O4.2ClH/c1-24-16-9-14(10-17(11-16)25-2)12-22-6-3-15(13-22)21-18(23)19(20)4-7-26-8-5-19;;/h9-11,15H,3-8,12-13,20H2,1-2H3,(H,21,23);2*1H. The van der Waals surface area contributed by atoms with Gasteiger partial charge >= 0.3 is 0 Å². The molecule has 160 valence electrons. The fraction of sp³-hybridized carbons (Fsp3) is 0.632. The summed E-state index contributed by atoms with van der Waals surface area (Å²) in [6, 6.07) is 6.04. The van der Waals surface area contributed by atoms with Gasteiger partial charge in [0.2, 0.25) is 5.91 Å². The van der Waals surface area contributed by atoms with Crippen LogP contribution in [0.5, 0.6) is 11.5 Å². The van der Waals surface area contributed by atoms with Crippen LogP contribution < -0.4 is 20.5 Å². The highest BCUT2D eigenvalue weighted by molar-refractivity contribution is 5.86. The Morgan fingerprint density at radius 2 is 1.82 bits per heavy atom. The third kappa shape index (κ3) is 6.12. The van der Waals surface area contributed by atoms with Gasteiger partial charge in [0.05, 0.1) is 19.8 Å². The number of likely N-dealkylation sites (tertiary alicyclic amines) is 1. The first-order valence-electron chi connectivity index (χ1n) is 9.14. The summed E-state index contributed by atoms with van der Waals surface area (Å²) in [5.74, 6) is 1.52. The first-order chi connectivity index (χ1) is 12.5. The van der Waals surface area contributed by atoms with Crippen LogP contribution in [0.3, 0.4) is 0 Å². The van der Waals surface area contributed by atoms with E-state index in [-0.39, 0.29) is 36.8 Å². The number of nitrogens with two attached hydrogens (primary N) is 1. The highest BCUT2D eigenvalue weighted by Crippen LogP contribution is 2.25. The van der Waals surface area contributed by atoms with Crippen LogP contribution in [0.25, 0.3) is 0 Å². The van der Waals surface area contributed by atoms with Gasteiger partial charge in [0.25, 0.3) is 0 Å². The Morgan fingerprint density at radius 1 is 1.21 bits per heavy atom. The number of carbonyl (C=O) groups is 1. The maximum absolute atomic E-state index is 12.6. The predicted molar refractivity (Wildman–Crippen MR) is 113 cm³/mol. The summed E-state index contributed by atoms with van der Waals surface area (Å²) in [6.45, 7) is 3.65. The molecule has 7 nitrogen and oxygen atoms in total. The maximum atomic E-state index is 12.6. The topological polar surface area (TPSA) is 86.1 Å². The highest BCUT2D eigenvalue weighted by Gasteiger charge is 2.37. The summed E-state index contributed by atoms with van der Waals surface area (Å²) in [4.78, 5) is 14.9. The molecule has 1 unspecified atom stereocenters. The van der Waals surface area contributed by atoms with Crippen LogP contribution in [-0.4, -0.2) is 62.9 Å². The lowest BCUT2D eigenvalue weighted by Gasteiger charge is -2.33. The molecule has 2 saturated heterocycles. The van der Waals surface area contributed by atoms with E-state index in [4.69, 9.17) is 19.9 Å². The number of nitrogens with one attached hydrogen (secondary N) is 1. The van der Waals surface area contributed by atoms with Crippen molar-refractivity contribution in [2.75, 3.05) is 40.5 Å². The zero-order valence-electron chi connectivity index (χ0n) is 16.4. The van der Waals surface area contributed by atoms with Gasteiger partial charge in [-0.25, -0.2) is 0 Å². The SMILES string of the molecule is COc1cc(CN2CCC(NC(=O)C3(N)CCOCC3)C2)cc(OC)c1.Cl.Cl. The van der Waals surface area contributed by atoms with Crippen LogP contribution in [0, 0.1) is 0 Å². The van der Waals surface area contributed by atoms with Crippen LogP contribution >= 0.6 is 24.8 Å². The van der Waals surface area contributed by atoms with Crippen LogP contribution in [0.15, 0.2) is 18.2 Å². The number of hydrogen-bond donors (Lipinski definition) is 2. The lowest BCUT2D eigenvalue weighted by atomic mass is 9.90. The van der Waals surface area contributed by atoms with E-state index in [1.165, 1.54) is 0 Å². The Balaban J connectivity index is 0.00000196. The molecule has 0 radical (unpaired) electrons. The van der Waals surface area contributed by atoms with Crippen molar-refractivity contribution in [3.63, 3.8) is 0 Å². The number of carbonyl (C=O) groups excluding carboxylic acids is 1. The van der Waals surface area contributed by atoms with Crippen LogP contribution in [0.1, 0.15) is 24.8 Å². The van der Waals surface area contributed by atoms with Gasteiger partial charge in [0, 0.05) is 45.0 Å². The fourth-order valence-electron chi connectivity index (χ4n) is 3.60. The van der Waals surface area contributed by atoms with Gasteiger partial charge in [-0.2, -0.15) is 0 Å². The van der Waals surface area contributed by atoms with Gasteiger partial charge in [-0.05, 0) is 37.0 Å². The van der Waals surface area contributed by atoms with E-state index < -0.39 is 5.54 Å². The lowest BCUT2D eigenvalue weighted by molar-refractivity contribution is -0.130. The molecular weight excluding hydrogens is 405 g/mol. The average molecular weight is 436 g/mol. The molecule has 1 amide bonds. The highest BCUT2D eigenvalue weighted by atomic mass is 35.5. The van der Waals surface area contributed by atoms with Gasteiger partial charge in [0.15, 0.2) is 0 Å². The maximum Gasteiger partial charge on any atom is 0.240 e. The number of nitrogens with zero attached hydrogens (tertiary/aromatic N) is 1. The van der Waals surface area contributed by atoms with Crippen LogP contribution in [-0.2, 0) is 16.1 Å². The minimum Gasteiger partial charge on any atom is -0.497 e. The largest absolute Gasteiger partial charge is 0.497 e. The smallest absolute Gasteiger partial charge is 0.240 e. The molecule has 2 heterocycles. The second-order valence-electron chi connectivity index (χ2n) is 7.18. The van der Waals surface area contributed by atoms with Gasteiger partial charge in [-0.15, -0.1) is 24.8 Å². The molecule has 0 spiro atoms. The van der Waals surface area contributed by atoms with E-state index in [0.29, 0.717) is 26.1 Å². The summed E-state index contributed by atoms with van der Waals surface area (Å²) in [6.07, 6.45) is 2.09. The van der Waals surface area contributed by atoms with Crippen LogP contribution in [0.4, 0.5) is 0 Å². The van der Waals surface area contributed by atoms with Crippen molar-refractivity contribution < 1.29 is 19.0 Å². The predicted octanol–water partition coefficient (Wildman–Crippen LogP) is 1.75. The Bertz CT molecular complexity index is 619. The molecule has 9 heteroatoms. The lowest BCUT2D eigenvalue weighted by Crippen LogP contribution is -2.58. The molecule has 0 bridgehead atoms. The zero-order chi connectivity index (χ0) is 18.6. The number of methoxy groups -OCH3 is 2.